The van der Waals surface area contributed by atoms with Crippen LogP contribution in [0, 0.1) is 0 Å². The molecule has 0 heterocycles. The molecule has 3 rings (SSSR count). The smallest absolute Gasteiger partial charge is 0.171 e. The highest BCUT2D eigenvalue weighted by molar-refractivity contribution is 9.10. The van der Waals surface area contributed by atoms with E-state index in [4.69, 9.17) is 23.8 Å². The van der Waals surface area contributed by atoms with E-state index in [1.54, 1.807) is 0 Å². The Balaban J connectivity index is 1.75. The van der Waals surface area contributed by atoms with Crippen LogP contribution in [0.15, 0.2) is 53.0 Å². The quantitative estimate of drug-likeness (QED) is 0.621. The summed E-state index contributed by atoms with van der Waals surface area (Å²) in [6.45, 7) is 0. The second-order valence-corrected chi connectivity index (χ2v) is 7.53. The Bertz CT molecular complexity index is 699. The predicted molar refractivity (Wildman–Crippen MR) is 105 cm³/mol. The van der Waals surface area contributed by atoms with Crippen LogP contribution < -0.4 is 10.6 Å². The molecule has 0 aliphatic heterocycles. The average molecular weight is 410 g/mol. The van der Waals surface area contributed by atoms with Gasteiger partial charge in [-0.15, -0.1) is 0 Å². The molecule has 2 aromatic rings. The zero-order chi connectivity index (χ0) is 16.3. The van der Waals surface area contributed by atoms with Gasteiger partial charge in [-0.1, -0.05) is 54.8 Å². The van der Waals surface area contributed by atoms with Crippen LogP contribution in [0.3, 0.4) is 0 Å². The average Bonchev–Trinajstić information content (AvgIpc) is 3.01. The summed E-state index contributed by atoms with van der Waals surface area (Å²) < 4.78 is 0.875. The predicted octanol–water partition coefficient (Wildman–Crippen LogP) is 5.86. The molecule has 0 bridgehead atoms. The number of rotatable bonds is 3. The Hall–Kier alpha value is -1.10. The molecule has 1 fully saturated rings. The number of nitrogens with one attached hydrogen (secondary N) is 2. The van der Waals surface area contributed by atoms with Crippen molar-refractivity contribution < 1.29 is 0 Å². The van der Waals surface area contributed by atoms with Gasteiger partial charge in [0.15, 0.2) is 5.11 Å². The largest absolute Gasteiger partial charge is 0.353 e. The Morgan fingerprint density at radius 2 is 1.78 bits per heavy atom. The molecular weight excluding hydrogens is 392 g/mol. The van der Waals surface area contributed by atoms with E-state index >= 15 is 0 Å². The molecule has 0 aromatic heterocycles. The van der Waals surface area contributed by atoms with Gasteiger partial charge in [-0.3, -0.25) is 0 Å². The van der Waals surface area contributed by atoms with Crippen molar-refractivity contribution >= 4 is 50.5 Å². The molecule has 2 aromatic carbocycles. The number of thiocarbonyl (C=S) groups is 1. The first kappa shape index (κ1) is 16.7. The van der Waals surface area contributed by atoms with E-state index in [2.05, 4.69) is 50.8 Å². The third-order valence-corrected chi connectivity index (χ3v) is 5.75. The fourth-order valence-electron chi connectivity index (χ4n) is 3.18. The van der Waals surface area contributed by atoms with Gasteiger partial charge in [0.2, 0.25) is 0 Å². The van der Waals surface area contributed by atoms with Gasteiger partial charge in [-0.25, -0.2) is 0 Å². The molecule has 2 nitrogen and oxygen atoms in total. The van der Waals surface area contributed by atoms with E-state index in [1.807, 2.05) is 24.3 Å². The minimum atomic E-state index is -0.0650. The number of hydrogen-bond acceptors (Lipinski definition) is 1. The van der Waals surface area contributed by atoms with Gasteiger partial charge in [0, 0.05) is 10.2 Å². The Morgan fingerprint density at radius 3 is 2.43 bits per heavy atom. The fraction of sp³-hybridized carbons (Fsp3) is 0.278. The van der Waals surface area contributed by atoms with E-state index in [-0.39, 0.29) is 5.54 Å². The topological polar surface area (TPSA) is 24.1 Å². The van der Waals surface area contributed by atoms with Gasteiger partial charge in [0.1, 0.15) is 0 Å². The SMILES string of the molecule is S=C(Nc1ccc(Br)c(Cl)c1)NC1(c2ccccc2)CCCC1. The second-order valence-electron chi connectivity index (χ2n) is 5.86. The van der Waals surface area contributed by atoms with Gasteiger partial charge in [0.25, 0.3) is 0 Å². The van der Waals surface area contributed by atoms with Crippen LogP contribution in [0.25, 0.3) is 0 Å². The molecule has 1 aliphatic carbocycles. The van der Waals surface area contributed by atoms with Gasteiger partial charge < -0.3 is 10.6 Å². The summed E-state index contributed by atoms with van der Waals surface area (Å²) in [7, 11) is 0. The van der Waals surface area contributed by atoms with Crippen LogP contribution in [0.5, 0.6) is 0 Å². The zero-order valence-corrected chi connectivity index (χ0v) is 15.8. The molecule has 0 amide bonds. The Kier molecular flexibility index (Phi) is 5.24. The summed E-state index contributed by atoms with van der Waals surface area (Å²) in [6.07, 6.45) is 4.63. The maximum Gasteiger partial charge on any atom is 0.171 e. The molecule has 120 valence electrons. The molecule has 5 heteroatoms. The van der Waals surface area contributed by atoms with Crippen molar-refractivity contribution in [1.29, 1.82) is 0 Å². The van der Waals surface area contributed by atoms with Gasteiger partial charge in [0.05, 0.1) is 10.6 Å². The first-order chi connectivity index (χ1) is 11.1. The Labute approximate surface area is 155 Å². The number of hydrogen-bond donors (Lipinski definition) is 2. The standard InChI is InChI=1S/C18H18BrClN2S/c19-15-9-8-14(12-16(15)20)21-17(23)22-18(10-4-5-11-18)13-6-2-1-3-7-13/h1-3,6-9,12H,4-5,10-11H2,(H2,21,22,23). The minimum absolute atomic E-state index is 0.0650. The van der Waals surface area contributed by atoms with Crippen molar-refractivity contribution in [2.45, 2.75) is 31.2 Å². The molecule has 0 radical (unpaired) electrons. The normalized spacial score (nSPS) is 16.1. The lowest BCUT2D eigenvalue weighted by atomic mass is 9.88. The van der Waals surface area contributed by atoms with Gasteiger partial charge in [-0.05, 0) is 64.8 Å². The second kappa shape index (κ2) is 7.20. The summed E-state index contributed by atoms with van der Waals surface area (Å²) in [5.74, 6) is 0. The van der Waals surface area contributed by atoms with Crippen LogP contribution >= 0.6 is 39.7 Å². The van der Waals surface area contributed by atoms with Crippen LogP contribution in [-0.2, 0) is 5.54 Å². The lowest BCUT2D eigenvalue weighted by molar-refractivity contribution is 0.408. The van der Waals surface area contributed by atoms with Gasteiger partial charge in [-0.2, -0.15) is 0 Å². The lowest BCUT2D eigenvalue weighted by Crippen LogP contribution is -2.45. The number of halogens is 2. The van der Waals surface area contributed by atoms with Crippen molar-refractivity contribution in [3.63, 3.8) is 0 Å². The highest BCUT2D eigenvalue weighted by Crippen LogP contribution is 2.38. The Morgan fingerprint density at radius 1 is 1.09 bits per heavy atom. The summed E-state index contributed by atoms with van der Waals surface area (Å²) >= 11 is 15.1. The molecule has 1 saturated carbocycles. The molecule has 0 spiro atoms. The first-order valence-electron chi connectivity index (χ1n) is 7.69. The van der Waals surface area contributed by atoms with Crippen LogP contribution in [0.4, 0.5) is 5.69 Å². The molecule has 2 N–H and O–H groups in total. The van der Waals surface area contributed by atoms with E-state index in [0.717, 1.165) is 23.0 Å². The van der Waals surface area contributed by atoms with E-state index in [1.165, 1.54) is 18.4 Å². The van der Waals surface area contributed by atoms with E-state index in [9.17, 15) is 0 Å². The van der Waals surface area contributed by atoms with Crippen LogP contribution in [0.1, 0.15) is 31.2 Å². The molecular formula is C18H18BrClN2S. The summed E-state index contributed by atoms with van der Waals surface area (Å²) in [4.78, 5) is 0. The van der Waals surface area contributed by atoms with Gasteiger partial charge >= 0.3 is 0 Å². The maximum atomic E-state index is 6.14. The van der Waals surface area contributed by atoms with Crippen molar-refractivity contribution in [3.8, 4) is 0 Å². The highest BCUT2D eigenvalue weighted by atomic mass is 79.9. The molecule has 23 heavy (non-hydrogen) atoms. The molecule has 0 saturated heterocycles. The summed E-state index contributed by atoms with van der Waals surface area (Å²) in [5.41, 5.74) is 2.12. The fourth-order valence-corrected chi connectivity index (χ4v) is 3.92. The lowest BCUT2D eigenvalue weighted by Gasteiger charge is -2.32. The van der Waals surface area contributed by atoms with Crippen molar-refractivity contribution in [2.75, 3.05) is 5.32 Å². The molecule has 0 unspecified atom stereocenters. The molecule has 1 aliphatic rings. The van der Waals surface area contributed by atoms with Crippen molar-refractivity contribution in [3.05, 3.63) is 63.6 Å². The highest BCUT2D eigenvalue weighted by Gasteiger charge is 2.36. The third-order valence-electron chi connectivity index (χ3n) is 4.31. The molecule has 0 atom stereocenters. The third kappa shape index (κ3) is 3.87. The summed E-state index contributed by atoms with van der Waals surface area (Å²) in [6, 6.07) is 16.3. The summed E-state index contributed by atoms with van der Waals surface area (Å²) in [5, 5.41) is 8.10. The van der Waals surface area contributed by atoms with Crippen LogP contribution in [0.2, 0.25) is 5.02 Å². The van der Waals surface area contributed by atoms with Crippen LogP contribution in [-0.4, -0.2) is 5.11 Å². The zero-order valence-electron chi connectivity index (χ0n) is 12.6. The first-order valence-corrected chi connectivity index (χ1v) is 9.27. The van der Waals surface area contributed by atoms with E-state index < -0.39 is 0 Å². The van der Waals surface area contributed by atoms with Crippen molar-refractivity contribution in [2.24, 2.45) is 0 Å². The van der Waals surface area contributed by atoms with Crippen molar-refractivity contribution in [1.82, 2.24) is 5.32 Å². The number of benzene rings is 2. The number of anilines is 1. The van der Waals surface area contributed by atoms with E-state index in [0.29, 0.717) is 10.1 Å². The maximum absolute atomic E-state index is 6.14. The monoisotopic (exact) mass is 408 g/mol. The minimum Gasteiger partial charge on any atom is -0.353 e.